The predicted molar refractivity (Wildman–Crippen MR) is 94.4 cm³/mol. The molecule has 5 heteroatoms. The first-order chi connectivity index (χ1) is 9.63. The Hall–Kier alpha value is -0.160. The second-order valence-electron chi connectivity index (χ2n) is 4.87. The van der Waals surface area contributed by atoms with Crippen LogP contribution in [0.3, 0.4) is 0 Å². The summed E-state index contributed by atoms with van der Waals surface area (Å²) in [5.74, 6) is 0.695. The standard InChI is InChI=1S/C15H15BrClNS2/c1-9-4-5-12-13(10(9)2)18(7-3-6-17)14-11(16)8-19-15(14)20-12/h4-5,8H,3,6-7H2,1-2H3. The summed E-state index contributed by atoms with van der Waals surface area (Å²) in [6.45, 7) is 5.36. The Morgan fingerprint density at radius 2 is 2.05 bits per heavy atom. The molecule has 20 heavy (non-hydrogen) atoms. The van der Waals surface area contributed by atoms with Crippen LogP contribution >= 0.6 is 50.6 Å². The van der Waals surface area contributed by atoms with E-state index < -0.39 is 0 Å². The Morgan fingerprint density at radius 3 is 2.80 bits per heavy atom. The van der Waals surface area contributed by atoms with Crippen LogP contribution in [0.5, 0.6) is 0 Å². The third-order valence-electron chi connectivity index (χ3n) is 3.61. The number of hydrogen-bond acceptors (Lipinski definition) is 3. The molecule has 1 aromatic carbocycles. The van der Waals surface area contributed by atoms with Crippen molar-refractivity contribution in [3.8, 4) is 0 Å². The van der Waals surface area contributed by atoms with Crippen LogP contribution in [-0.4, -0.2) is 12.4 Å². The van der Waals surface area contributed by atoms with Crippen LogP contribution in [0.25, 0.3) is 0 Å². The maximum Gasteiger partial charge on any atom is 0.0896 e. The number of hydrogen-bond donors (Lipinski definition) is 0. The summed E-state index contributed by atoms with van der Waals surface area (Å²) in [4.78, 5) is 3.79. The number of aryl methyl sites for hydroxylation is 1. The molecule has 106 valence electrons. The lowest BCUT2D eigenvalue weighted by atomic mass is 10.1. The quantitative estimate of drug-likeness (QED) is 0.563. The molecule has 0 saturated carbocycles. The third-order valence-corrected chi connectivity index (χ3v) is 7.01. The van der Waals surface area contributed by atoms with E-state index in [2.05, 4.69) is 52.2 Å². The average Bonchev–Trinajstić information content (AvgIpc) is 2.81. The molecule has 0 amide bonds. The van der Waals surface area contributed by atoms with Crippen molar-refractivity contribution in [3.63, 3.8) is 0 Å². The van der Waals surface area contributed by atoms with Crippen LogP contribution < -0.4 is 4.90 Å². The molecule has 0 fully saturated rings. The first-order valence-corrected chi connectivity index (χ1v) is 9.54. The summed E-state index contributed by atoms with van der Waals surface area (Å²) in [5.41, 5.74) is 5.38. The molecule has 0 bridgehead atoms. The van der Waals surface area contributed by atoms with Crippen molar-refractivity contribution >= 4 is 62.0 Å². The predicted octanol–water partition coefficient (Wildman–Crippen LogP) is 6.36. The second-order valence-corrected chi connectivity index (χ2v) is 8.29. The van der Waals surface area contributed by atoms with Crippen molar-refractivity contribution in [1.82, 2.24) is 0 Å². The van der Waals surface area contributed by atoms with Crippen molar-refractivity contribution in [3.05, 3.63) is 33.1 Å². The van der Waals surface area contributed by atoms with Crippen molar-refractivity contribution in [1.29, 1.82) is 0 Å². The van der Waals surface area contributed by atoms with E-state index in [1.165, 1.54) is 36.1 Å². The Balaban J connectivity index is 2.16. The molecule has 0 unspecified atom stereocenters. The van der Waals surface area contributed by atoms with E-state index in [4.69, 9.17) is 11.6 Å². The van der Waals surface area contributed by atoms with Gasteiger partial charge in [0, 0.05) is 22.7 Å². The minimum atomic E-state index is 0.695. The van der Waals surface area contributed by atoms with Crippen LogP contribution in [0.2, 0.25) is 0 Å². The zero-order valence-corrected chi connectivity index (χ0v) is 15.3. The van der Waals surface area contributed by atoms with Crippen molar-refractivity contribution < 1.29 is 0 Å². The molecule has 1 aliphatic heterocycles. The monoisotopic (exact) mass is 387 g/mol. The number of nitrogens with zero attached hydrogens (tertiary/aromatic N) is 1. The van der Waals surface area contributed by atoms with Crippen LogP contribution in [0.15, 0.2) is 31.1 Å². The molecule has 0 saturated heterocycles. The van der Waals surface area contributed by atoms with Gasteiger partial charge in [-0.15, -0.1) is 22.9 Å². The van der Waals surface area contributed by atoms with Gasteiger partial charge in [-0.1, -0.05) is 17.8 Å². The zero-order chi connectivity index (χ0) is 14.3. The molecule has 0 aliphatic carbocycles. The van der Waals surface area contributed by atoms with Gasteiger partial charge in [0.25, 0.3) is 0 Å². The van der Waals surface area contributed by atoms with Gasteiger partial charge in [-0.25, -0.2) is 0 Å². The molecular formula is C15H15BrClNS2. The number of anilines is 2. The van der Waals surface area contributed by atoms with Gasteiger partial charge in [0.2, 0.25) is 0 Å². The molecule has 1 aliphatic rings. The van der Waals surface area contributed by atoms with E-state index in [1.54, 1.807) is 11.3 Å². The normalized spacial score (nSPS) is 13.3. The van der Waals surface area contributed by atoms with Gasteiger partial charge in [0.15, 0.2) is 0 Å². The number of halogens is 2. The summed E-state index contributed by atoms with van der Waals surface area (Å²) in [7, 11) is 0. The molecule has 2 heterocycles. The summed E-state index contributed by atoms with van der Waals surface area (Å²) < 4.78 is 2.55. The van der Waals surface area contributed by atoms with Gasteiger partial charge in [-0.05, 0) is 53.4 Å². The zero-order valence-electron chi connectivity index (χ0n) is 11.4. The smallest absolute Gasteiger partial charge is 0.0896 e. The third kappa shape index (κ3) is 2.41. The number of fused-ring (bicyclic) bond motifs is 2. The molecule has 1 nitrogen and oxygen atoms in total. The number of benzene rings is 1. The summed E-state index contributed by atoms with van der Waals surface area (Å²) in [6.07, 6.45) is 0.987. The van der Waals surface area contributed by atoms with Gasteiger partial charge in [0.05, 0.1) is 20.1 Å². The maximum absolute atomic E-state index is 5.92. The minimum Gasteiger partial charge on any atom is -0.338 e. The van der Waals surface area contributed by atoms with Gasteiger partial charge in [-0.3, -0.25) is 0 Å². The molecule has 2 aromatic rings. The van der Waals surface area contributed by atoms with Crippen LogP contribution in [-0.2, 0) is 0 Å². The molecule has 3 rings (SSSR count). The lowest BCUT2D eigenvalue weighted by Gasteiger charge is -2.33. The minimum absolute atomic E-state index is 0.695. The SMILES string of the molecule is Cc1ccc2c(c1C)N(CCCCl)c1c(Br)csc1S2. The first-order valence-electron chi connectivity index (χ1n) is 6.52. The molecule has 0 spiro atoms. The summed E-state index contributed by atoms with van der Waals surface area (Å²) in [6, 6.07) is 4.46. The topological polar surface area (TPSA) is 3.24 Å². The van der Waals surface area contributed by atoms with Crippen molar-refractivity contribution in [2.24, 2.45) is 0 Å². The fourth-order valence-electron chi connectivity index (χ4n) is 2.47. The van der Waals surface area contributed by atoms with Gasteiger partial charge >= 0.3 is 0 Å². The molecule has 0 atom stereocenters. The summed E-state index contributed by atoms with van der Waals surface area (Å²) >= 11 is 13.3. The van der Waals surface area contributed by atoms with Crippen LogP contribution in [0.4, 0.5) is 11.4 Å². The van der Waals surface area contributed by atoms with E-state index in [0.29, 0.717) is 5.88 Å². The van der Waals surface area contributed by atoms with E-state index >= 15 is 0 Å². The molecule has 0 radical (unpaired) electrons. The summed E-state index contributed by atoms with van der Waals surface area (Å²) in [5, 5.41) is 2.18. The number of rotatable bonds is 3. The number of alkyl halides is 1. The fraction of sp³-hybridized carbons (Fsp3) is 0.333. The van der Waals surface area contributed by atoms with Gasteiger partial charge in [0.1, 0.15) is 0 Å². The molecule has 1 aromatic heterocycles. The Morgan fingerprint density at radius 1 is 1.25 bits per heavy atom. The van der Waals surface area contributed by atoms with Crippen LogP contribution in [0, 0.1) is 13.8 Å². The van der Waals surface area contributed by atoms with Gasteiger partial charge in [-0.2, -0.15) is 0 Å². The highest BCUT2D eigenvalue weighted by molar-refractivity contribution is 9.10. The largest absolute Gasteiger partial charge is 0.338 e. The lowest BCUT2D eigenvalue weighted by molar-refractivity contribution is 0.868. The van der Waals surface area contributed by atoms with Crippen LogP contribution in [0.1, 0.15) is 17.5 Å². The Bertz CT molecular complexity index is 654. The van der Waals surface area contributed by atoms with E-state index in [0.717, 1.165) is 13.0 Å². The highest BCUT2D eigenvalue weighted by atomic mass is 79.9. The fourth-order valence-corrected chi connectivity index (χ4v) is 5.82. The highest BCUT2D eigenvalue weighted by Crippen LogP contribution is 2.55. The Kier molecular flexibility index (Phi) is 4.37. The second kappa shape index (κ2) is 5.91. The van der Waals surface area contributed by atoms with Crippen molar-refractivity contribution in [2.75, 3.05) is 17.3 Å². The Labute approximate surface area is 141 Å². The number of thiophene rings is 1. The first kappa shape index (κ1) is 14.8. The molecule has 0 N–H and O–H groups in total. The lowest BCUT2D eigenvalue weighted by Crippen LogP contribution is -2.23. The van der Waals surface area contributed by atoms with E-state index in [-0.39, 0.29) is 0 Å². The molecular weight excluding hydrogens is 374 g/mol. The highest BCUT2D eigenvalue weighted by Gasteiger charge is 2.28. The van der Waals surface area contributed by atoms with E-state index in [1.807, 2.05) is 11.8 Å². The van der Waals surface area contributed by atoms with Gasteiger partial charge < -0.3 is 4.90 Å². The average molecular weight is 389 g/mol. The van der Waals surface area contributed by atoms with E-state index in [9.17, 15) is 0 Å². The maximum atomic E-state index is 5.92. The van der Waals surface area contributed by atoms with Crippen molar-refractivity contribution in [2.45, 2.75) is 29.4 Å².